The van der Waals surface area contributed by atoms with Gasteiger partial charge in [0.25, 0.3) is 0 Å². The largest absolute Gasteiger partial charge is 0.292 e. The lowest BCUT2D eigenvalue weighted by Gasteiger charge is -2.41. The smallest absolute Gasteiger partial charge is 0.182 e. The third-order valence-electron chi connectivity index (χ3n) is 7.80. The molecule has 5 aromatic rings. The molecule has 1 nitrogen and oxygen atoms in total. The van der Waals surface area contributed by atoms with E-state index in [9.17, 15) is 4.79 Å². The van der Waals surface area contributed by atoms with Gasteiger partial charge in [-0.05, 0) is 54.4 Å². The number of allylic oxidation sites excluding steroid dienone is 1. The minimum absolute atomic E-state index is 0.189. The fraction of sp³-hybridized carbons (Fsp3) is 0.0312. The van der Waals surface area contributed by atoms with Gasteiger partial charge < -0.3 is 0 Å². The summed E-state index contributed by atoms with van der Waals surface area (Å²) in [6.07, 6.45) is 4.36. The first-order valence-electron chi connectivity index (χ1n) is 11.4. The molecule has 5 aromatic carbocycles. The zero-order chi connectivity index (χ0) is 21.7. The molecule has 0 radical (unpaired) electrons. The summed E-state index contributed by atoms with van der Waals surface area (Å²) < 4.78 is 0. The Bertz CT molecular complexity index is 1880. The topological polar surface area (TPSA) is 17.1 Å². The van der Waals surface area contributed by atoms with Crippen molar-refractivity contribution < 1.29 is 4.79 Å². The zero-order valence-electron chi connectivity index (χ0n) is 17.8. The van der Waals surface area contributed by atoms with E-state index in [0.717, 1.165) is 38.6 Å². The number of ketones is 1. The molecule has 0 bridgehead atoms. The van der Waals surface area contributed by atoms with Crippen LogP contribution in [0.4, 0.5) is 0 Å². The molecule has 0 N–H and O–H groups in total. The van der Waals surface area contributed by atoms with Crippen molar-refractivity contribution >= 4 is 44.6 Å². The first-order valence-corrected chi connectivity index (χ1v) is 11.4. The summed E-state index contributed by atoms with van der Waals surface area (Å²) in [7, 11) is 0. The van der Waals surface area contributed by atoms with E-state index in [1.54, 1.807) is 0 Å². The predicted octanol–water partition coefficient (Wildman–Crippen LogP) is 5.52. The number of carbonyl (C=O) groups is 1. The van der Waals surface area contributed by atoms with Crippen LogP contribution in [-0.2, 0) is 5.41 Å². The van der Waals surface area contributed by atoms with Crippen molar-refractivity contribution in [2.24, 2.45) is 0 Å². The molecule has 3 aliphatic carbocycles. The predicted molar refractivity (Wildman–Crippen MR) is 135 cm³/mol. The standard InChI is InChI=1S/C32H18O/c33-31-25-13-6-10-21-9-5-12-24(28(21)25)30-29-22-11-3-1-7-19(22)15-17-23(29)27-18-16-20-8-2-4-14-26(20)32(27,30)31/h1-18H. The van der Waals surface area contributed by atoms with Crippen molar-refractivity contribution in [3.63, 3.8) is 0 Å². The highest BCUT2D eigenvalue weighted by atomic mass is 16.1. The summed E-state index contributed by atoms with van der Waals surface area (Å²) in [6, 6.07) is 34.0. The summed E-state index contributed by atoms with van der Waals surface area (Å²) in [5.74, 6) is 0.189. The molecule has 0 saturated heterocycles. The van der Waals surface area contributed by atoms with Gasteiger partial charge in [-0.1, -0.05) is 109 Å². The number of fused-ring (bicyclic) bond motifs is 5. The van der Waals surface area contributed by atoms with Gasteiger partial charge in [-0.15, -0.1) is 0 Å². The number of hydrogen-bond donors (Lipinski definition) is 0. The summed E-state index contributed by atoms with van der Waals surface area (Å²) >= 11 is 0. The lowest BCUT2D eigenvalue weighted by atomic mass is 9.58. The molecule has 1 heteroatoms. The Hall–Kier alpha value is -4.23. The van der Waals surface area contributed by atoms with E-state index in [0.29, 0.717) is 0 Å². The normalized spacial score (nSPS) is 19.5. The highest BCUT2D eigenvalue weighted by Gasteiger charge is 2.54. The van der Waals surface area contributed by atoms with Crippen molar-refractivity contribution in [1.29, 1.82) is 0 Å². The first-order chi connectivity index (χ1) is 16.3. The van der Waals surface area contributed by atoms with Crippen LogP contribution in [0.1, 0.15) is 27.0 Å². The molecule has 0 aromatic heterocycles. The van der Waals surface area contributed by atoms with Gasteiger partial charge in [-0.3, -0.25) is 4.79 Å². The summed E-state index contributed by atoms with van der Waals surface area (Å²) in [5.41, 5.74) is 5.65. The average Bonchev–Trinajstić information content (AvgIpc) is 3.20. The summed E-state index contributed by atoms with van der Waals surface area (Å²) in [6.45, 7) is 0. The SMILES string of the molecule is O=C1c2cccc3cccc(c23)C2=c3c(ccc4ccccc34)=C3C=Cc4ccccc4C132. The Morgan fingerprint density at radius 2 is 1.36 bits per heavy atom. The Morgan fingerprint density at radius 1 is 0.606 bits per heavy atom. The second-order valence-electron chi connectivity index (χ2n) is 9.21. The minimum atomic E-state index is -0.819. The second-order valence-corrected chi connectivity index (χ2v) is 9.21. The van der Waals surface area contributed by atoms with Crippen LogP contribution in [0.25, 0.3) is 38.8 Å². The van der Waals surface area contributed by atoms with Crippen molar-refractivity contribution in [1.82, 2.24) is 0 Å². The van der Waals surface area contributed by atoms with Crippen LogP contribution in [0.5, 0.6) is 0 Å². The Kier molecular flexibility index (Phi) is 3.03. The Labute approximate surface area is 190 Å². The second kappa shape index (κ2) is 5.76. The van der Waals surface area contributed by atoms with Gasteiger partial charge >= 0.3 is 0 Å². The fourth-order valence-corrected chi connectivity index (χ4v) is 6.58. The van der Waals surface area contributed by atoms with Crippen LogP contribution in [-0.4, -0.2) is 5.78 Å². The van der Waals surface area contributed by atoms with Gasteiger partial charge in [0.1, 0.15) is 5.41 Å². The van der Waals surface area contributed by atoms with Crippen molar-refractivity contribution in [3.8, 4) is 0 Å². The van der Waals surface area contributed by atoms with E-state index < -0.39 is 5.41 Å². The maximum atomic E-state index is 14.7. The monoisotopic (exact) mass is 418 g/mol. The number of rotatable bonds is 0. The quantitative estimate of drug-likeness (QED) is 0.324. The lowest BCUT2D eigenvalue weighted by Crippen LogP contribution is -2.42. The van der Waals surface area contributed by atoms with Crippen LogP contribution >= 0.6 is 0 Å². The summed E-state index contributed by atoms with van der Waals surface area (Å²) in [5, 5.41) is 7.00. The zero-order valence-corrected chi connectivity index (χ0v) is 17.8. The molecule has 152 valence electrons. The van der Waals surface area contributed by atoms with Gasteiger partial charge in [-0.2, -0.15) is 0 Å². The van der Waals surface area contributed by atoms with E-state index in [-0.39, 0.29) is 5.78 Å². The van der Waals surface area contributed by atoms with Gasteiger partial charge in [0.05, 0.1) is 0 Å². The maximum Gasteiger partial charge on any atom is 0.182 e. The molecule has 0 aliphatic heterocycles. The highest BCUT2D eigenvalue weighted by Crippen LogP contribution is 2.55. The van der Waals surface area contributed by atoms with Crippen LogP contribution in [0.2, 0.25) is 0 Å². The van der Waals surface area contributed by atoms with Crippen LogP contribution in [0.3, 0.4) is 0 Å². The highest BCUT2D eigenvalue weighted by molar-refractivity contribution is 6.32. The van der Waals surface area contributed by atoms with Crippen LogP contribution < -0.4 is 10.4 Å². The van der Waals surface area contributed by atoms with E-state index in [2.05, 4.69) is 97.1 Å². The number of carbonyl (C=O) groups excluding carboxylic acids is 1. The fourth-order valence-electron chi connectivity index (χ4n) is 6.58. The number of Topliss-reactive ketones (excluding diaryl/α,β-unsaturated/α-hetero) is 1. The van der Waals surface area contributed by atoms with Gasteiger partial charge in [0.2, 0.25) is 0 Å². The number of benzene rings is 5. The average molecular weight is 418 g/mol. The van der Waals surface area contributed by atoms with E-state index in [4.69, 9.17) is 0 Å². The first kappa shape index (κ1) is 17.3. The third-order valence-corrected chi connectivity index (χ3v) is 7.80. The molecule has 8 rings (SSSR count). The molecule has 0 saturated carbocycles. The molecule has 1 unspecified atom stereocenters. The van der Waals surface area contributed by atoms with E-state index in [1.807, 2.05) is 12.1 Å². The number of hydrogen-bond acceptors (Lipinski definition) is 1. The van der Waals surface area contributed by atoms with Gasteiger partial charge in [0.15, 0.2) is 5.78 Å². The maximum absolute atomic E-state index is 14.7. The molecule has 3 aliphatic rings. The van der Waals surface area contributed by atoms with Crippen molar-refractivity contribution in [2.45, 2.75) is 5.41 Å². The van der Waals surface area contributed by atoms with Crippen molar-refractivity contribution in [2.75, 3.05) is 0 Å². The third kappa shape index (κ3) is 1.85. The van der Waals surface area contributed by atoms with E-state index >= 15 is 0 Å². The minimum Gasteiger partial charge on any atom is -0.292 e. The van der Waals surface area contributed by atoms with Gasteiger partial charge in [-0.25, -0.2) is 0 Å². The molecule has 1 spiro atoms. The molecule has 33 heavy (non-hydrogen) atoms. The molecular formula is C32H18O. The van der Waals surface area contributed by atoms with Crippen LogP contribution in [0, 0.1) is 0 Å². The Morgan fingerprint density at radius 3 is 2.27 bits per heavy atom. The molecule has 0 heterocycles. The molecule has 0 amide bonds. The van der Waals surface area contributed by atoms with Crippen LogP contribution in [0.15, 0.2) is 103 Å². The Balaban J connectivity index is 1.74. The molecule has 1 atom stereocenters. The summed E-state index contributed by atoms with van der Waals surface area (Å²) in [4.78, 5) is 14.7. The van der Waals surface area contributed by atoms with Crippen molar-refractivity contribution in [3.05, 3.63) is 136 Å². The molecule has 0 fully saturated rings. The lowest BCUT2D eigenvalue weighted by molar-refractivity contribution is 0.0952. The van der Waals surface area contributed by atoms with Gasteiger partial charge in [0, 0.05) is 10.9 Å². The van der Waals surface area contributed by atoms with E-state index in [1.165, 1.54) is 26.8 Å². The molecular weight excluding hydrogens is 400 g/mol.